The maximum absolute atomic E-state index is 13.1. The molecule has 0 aliphatic rings. The minimum absolute atomic E-state index is 0.158. The van der Waals surface area contributed by atoms with Crippen molar-refractivity contribution in [3.8, 4) is 5.75 Å². The molecule has 3 aromatic rings. The number of para-hydroxylation sites is 1. The lowest BCUT2D eigenvalue weighted by molar-refractivity contribution is -0.120. The van der Waals surface area contributed by atoms with Crippen LogP contribution in [0.2, 0.25) is 5.02 Å². The van der Waals surface area contributed by atoms with E-state index in [2.05, 4.69) is 23.7 Å². The number of thiazole rings is 1. The van der Waals surface area contributed by atoms with Crippen molar-refractivity contribution in [3.05, 3.63) is 47.5 Å². The Labute approximate surface area is 197 Å². The zero-order valence-corrected chi connectivity index (χ0v) is 20.6. The third-order valence-electron chi connectivity index (χ3n) is 5.01. The second kappa shape index (κ2) is 10.6. The van der Waals surface area contributed by atoms with Crippen LogP contribution < -0.4 is 9.64 Å². The molecule has 7 nitrogen and oxygen atoms in total. The predicted octanol–water partition coefficient (Wildman–Crippen LogP) is 4.11. The number of hydrogen-bond donors (Lipinski definition) is 0. The summed E-state index contributed by atoms with van der Waals surface area (Å²) < 4.78 is 30.7. The first kappa shape index (κ1) is 24.4. The molecule has 0 saturated heterocycles. The number of halogens is 1. The van der Waals surface area contributed by atoms with E-state index >= 15 is 0 Å². The zero-order valence-electron chi connectivity index (χ0n) is 18.2. The van der Waals surface area contributed by atoms with Gasteiger partial charge in [0.15, 0.2) is 21.6 Å². The van der Waals surface area contributed by atoms with Crippen molar-refractivity contribution >= 4 is 54.0 Å². The van der Waals surface area contributed by atoms with Crippen LogP contribution in [-0.2, 0) is 14.6 Å². The highest BCUT2D eigenvalue weighted by atomic mass is 35.5. The number of anilines is 1. The number of carbonyl (C=O) groups is 1. The van der Waals surface area contributed by atoms with Crippen LogP contribution in [0, 0.1) is 0 Å². The summed E-state index contributed by atoms with van der Waals surface area (Å²) in [7, 11) is -3.45. The van der Waals surface area contributed by atoms with E-state index in [-0.39, 0.29) is 17.4 Å². The van der Waals surface area contributed by atoms with Crippen LogP contribution in [-0.4, -0.2) is 63.3 Å². The number of benzene rings is 2. The number of rotatable bonds is 10. The lowest BCUT2D eigenvalue weighted by Crippen LogP contribution is -2.41. The number of carbonyl (C=O) groups excluding carboxylic acids is 1. The molecule has 2 aromatic carbocycles. The Kier molecular flexibility index (Phi) is 8.10. The van der Waals surface area contributed by atoms with E-state index in [9.17, 15) is 13.2 Å². The highest BCUT2D eigenvalue weighted by Gasteiger charge is 2.23. The molecule has 0 unspecified atom stereocenters. The molecule has 3 rings (SSSR count). The molecular weight excluding hydrogens is 470 g/mol. The number of likely N-dealkylation sites (N-methyl/N-ethyl adjacent to an activating group) is 1. The summed E-state index contributed by atoms with van der Waals surface area (Å²) in [6.07, 6.45) is 1.16. The Hall–Kier alpha value is -2.20. The van der Waals surface area contributed by atoms with Crippen molar-refractivity contribution in [1.82, 2.24) is 9.88 Å². The van der Waals surface area contributed by atoms with Gasteiger partial charge >= 0.3 is 0 Å². The molecule has 0 N–H and O–H groups in total. The van der Waals surface area contributed by atoms with Gasteiger partial charge in [-0.05, 0) is 49.5 Å². The van der Waals surface area contributed by atoms with Crippen molar-refractivity contribution in [2.75, 3.05) is 43.9 Å². The van der Waals surface area contributed by atoms with E-state index in [4.69, 9.17) is 16.3 Å². The van der Waals surface area contributed by atoms with E-state index < -0.39 is 9.84 Å². The smallest absolute Gasteiger partial charge is 0.266 e. The molecule has 1 amide bonds. The SMILES string of the molecule is CCN(CC)CCN(C(=O)COc1ccc(Cl)cc1)c1nc2c(S(C)(=O)=O)cccc2s1. The van der Waals surface area contributed by atoms with Crippen molar-refractivity contribution in [3.63, 3.8) is 0 Å². The van der Waals surface area contributed by atoms with Crippen LogP contribution in [0.1, 0.15) is 13.8 Å². The van der Waals surface area contributed by atoms with Crippen LogP contribution in [0.25, 0.3) is 10.2 Å². The Morgan fingerprint density at radius 3 is 2.41 bits per heavy atom. The van der Waals surface area contributed by atoms with Gasteiger partial charge in [0, 0.05) is 24.4 Å². The molecule has 0 atom stereocenters. The van der Waals surface area contributed by atoms with E-state index in [0.717, 1.165) is 19.3 Å². The van der Waals surface area contributed by atoms with E-state index in [1.165, 1.54) is 17.4 Å². The van der Waals surface area contributed by atoms with Crippen molar-refractivity contribution in [1.29, 1.82) is 0 Å². The standard InChI is InChI=1S/C22H26ClN3O4S2/c1-4-25(5-2)13-14-26(20(27)15-30-17-11-9-16(23)10-12-17)22-24-21-18(31-22)7-6-8-19(21)32(3,28)29/h6-12H,4-5,13-15H2,1-3H3. The number of sulfone groups is 1. The van der Waals surface area contributed by atoms with Gasteiger partial charge in [-0.15, -0.1) is 0 Å². The molecular formula is C22H26ClN3O4S2. The molecule has 0 fully saturated rings. The van der Waals surface area contributed by atoms with Gasteiger partial charge in [-0.1, -0.05) is 42.9 Å². The highest BCUT2D eigenvalue weighted by Crippen LogP contribution is 2.32. The maximum Gasteiger partial charge on any atom is 0.266 e. The number of hydrogen-bond acceptors (Lipinski definition) is 7. The normalized spacial score (nSPS) is 11.8. The Morgan fingerprint density at radius 1 is 1.09 bits per heavy atom. The second-order valence-electron chi connectivity index (χ2n) is 7.19. The Balaban J connectivity index is 1.89. The topological polar surface area (TPSA) is 79.8 Å². The highest BCUT2D eigenvalue weighted by molar-refractivity contribution is 7.91. The molecule has 172 valence electrons. The van der Waals surface area contributed by atoms with Crippen LogP contribution in [0.15, 0.2) is 47.4 Å². The molecule has 0 spiro atoms. The van der Waals surface area contributed by atoms with Crippen LogP contribution >= 0.6 is 22.9 Å². The number of ether oxygens (including phenoxy) is 1. The van der Waals surface area contributed by atoms with Gasteiger partial charge in [0.25, 0.3) is 5.91 Å². The van der Waals surface area contributed by atoms with Crippen LogP contribution in [0.3, 0.4) is 0 Å². The monoisotopic (exact) mass is 495 g/mol. The molecule has 32 heavy (non-hydrogen) atoms. The third kappa shape index (κ3) is 5.98. The van der Waals surface area contributed by atoms with Crippen molar-refractivity contribution in [2.45, 2.75) is 18.7 Å². The largest absolute Gasteiger partial charge is 0.484 e. The first-order chi connectivity index (χ1) is 15.2. The van der Waals surface area contributed by atoms with Crippen LogP contribution in [0.4, 0.5) is 5.13 Å². The molecule has 0 radical (unpaired) electrons. The molecule has 1 aromatic heterocycles. The second-order valence-corrected chi connectivity index (χ2v) is 10.6. The molecule has 10 heteroatoms. The lowest BCUT2D eigenvalue weighted by Gasteiger charge is -2.24. The minimum atomic E-state index is -3.45. The average molecular weight is 496 g/mol. The lowest BCUT2D eigenvalue weighted by atomic mass is 10.3. The fourth-order valence-corrected chi connectivity index (χ4v) is 5.25. The van der Waals surface area contributed by atoms with Gasteiger partial charge < -0.3 is 9.64 Å². The number of nitrogens with zero attached hydrogens (tertiary/aromatic N) is 3. The summed E-state index contributed by atoms with van der Waals surface area (Å²) in [6.45, 7) is 6.75. The summed E-state index contributed by atoms with van der Waals surface area (Å²) >= 11 is 7.19. The predicted molar refractivity (Wildman–Crippen MR) is 130 cm³/mol. The number of amides is 1. The maximum atomic E-state index is 13.1. The molecule has 0 aliphatic heterocycles. The van der Waals surface area contributed by atoms with Crippen molar-refractivity contribution < 1.29 is 17.9 Å². The summed E-state index contributed by atoms with van der Waals surface area (Å²) in [5.41, 5.74) is 0.384. The van der Waals surface area contributed by atoms with Crippen molar-refractivity contribution in [2.24, 2.45) is 0 Å². The van der Waals surface area contributed by atoms with E-state index in [1.54, 1.807) is 35.2 Å². The molecule has 1 heterocycles. The fourth-order valence-electron chi connectivity index (χ4n) is 3.19. The summed E-state index contributed by atoms with van der Waals surface area (Å²) in [6, 6.07) is 11.8. The summed E-state index contributed by atoms with van der Waals surface area (Å²) in [5.74, 6) is 0.280. The van der Waals surface area contributed by atoms with Gasteiger partial charge in [0.1, 0.15) is 11.3 Å². The molecule has 0 aliphatic carbocycles. The summed E-state index contributed by atoms with van der Waals surface area (Å²) in [4.78, 5) is 21.6. The fraction of sp³-hybridized carbons (Fsp3) is 0.364. The van der Waals surface area contributed by atoms with Gasteiger partial charge in [0.2, 0.25) is 0 Å². The molecule has 0 saturated carbocycles. The number of aromatic nitrogens is 1. The van der Waals surface area contributed by atoms with E-state index in [0.29, 0.717) is 39.2 Å². The third-order valence-corrected chi connectivity index (χ3v) is 7.44. The Bertz CT molecular complexity index is 1180. The minimum Gasteiger partial charge on any atom is -0.484 e. The molecule has 0 bridgehead atoms. The first-order valence-electron chi connectivity index (χ1n) is 10.2. The average Bonchev–Trinajstić information content (AvgIpc) is 3.19. The Morgan fingerprint density at radius 2 is 1.78 bits per heavy atom. The van der Waals surface area contributed by atoms with E-state index in [1.807, 2.05) is 6.07 Å². The number of fused-ring (bicyclic) bond motifs is 1. The van der Waals surface area contributed by atoms with Gasteiger partial charge in [-0.25, -0.2) is 13.4 Å². The van der Waals surface area contributed by atoms with Crippen LogP contribution in [0.5, 0.6) is 5.75 Å². The zero-order chi connectivity index (χ0) is 23.3. The quantitative estimate of drug-likeness (QED) is 0.421. The van der Waals surface area contributed by atoms with Gasteiger partial charge in [-0.3, -0.25) is 9.69 Å². The summed E-state index contributed by atoms with van der Waals surface area (Å²) in [5, 5.41) is 1.04. The van der Waals surface area contributed by atoms with Gasteiger partial charge in [-0.2, -0.15) is 0 Å². The van der Waals surface area contributed by atoms with Gasteiger partial charge in [0.05, 0.1) is 9.60 Å². The first-order valence-corrected chi connectivity index (χ1v) is 13.3.